The van der Waals surface area contributed by atoms with Gasteiger partial charge in [-0.05, 0) is 66.6 Å². The van der Waals surface area contributed by atoms with E-state index in [2.05, 4.69) is 11.9 Å². The second kappa shape index (κ2) is 11.6. The SMILES string of the molecule is CCCCOc1ccc(C2/C(=C(\O)c3ccc(Cl)cc3)C(=O)C(=O)N2c2nc3ccc(OC)cc3s2)cc1OC. The fraction of sp³-hybridized carbons (Fsp3) is 0.233. The molecule has 0 radical (unpaired) electrons. The first kappa shape index (κ1) is 27.5. The molecule has 2 heterocycles. The Balaban J connectivity index is 1.68. The van der Waals surface area contributed by atoms with Crippen molar-refractivity contribution >= 4 is 55.7 Å². The van der Waals surface area contributed by atoms with Crippen LogP contribution in [0.1, 0.15) is 36.9 Å². The molecule has 4 aromatic rings. The minimum atomic E-state index is -0.975. The van der Waals surface area contributed by atoms with Crippen LogP contribution in [0.5, 0.6) is 17.2 Å². The lowest BCUT2D eigenvalue weighted by atomic mass is 9.95. The van der Waals surface area contributed by atoms with Gasteiger partial charge in [-0.3, -0.25) is 14.5 Å². The summed E-state index contributed by atoms with van der Waals surface area (Å²) in [6.45, 7) is 2.60. The molecular formula is C30H27ClN2O6S. The summed E-state index contributed by atoms with van der Waals surface area (Å²) in [7, 11) is 3.10. The third kappa shape index (κ3) is 5.10. The number of aliphatic hydroxyl groups excluding tert-OH is 1. The van der Waals surface area contributed by atoms with Crippen molar-refractivity contribution in [1.82, 2.24) is 4.98 Å². The summed E-state index contributed by atoms with van der Waals surface area (Å²) in [5.41, 5.74) is 1.49. The Labute approximate surface area is 240 Å². The van der Waals surface area contributed by atoms with Crippen LogP contribution in [0.3, 0.4) is 0 Å². The first-order valence-corrected chi connectivity index (χ1v) is 13.9. The number of hydrogen-bond acceptors (Lipinski definition) is 8. The number of ketones is 1. The van der Waals surface area contributed by atoms with E-state index in [4.69, 9.17) is 25.8 Å². The molecule has 5 rings (SSSR count). The van der Waals surface area contributed by atoms with Crippen molar-refractivity contribution in [2.45, 2.75) is 25.8 Å². The highest BCUT2D eigenvalue weighted by atomic mass is 35.5. The van der Waals surface area contributed by atoms with Gasteiger partial charge in [0.1, 0.15) is 11.5 Å². The second-order valence-electron chi connectivity index (χ2n) is 9.12. The van der Waals surface area contributed by atoms with Gasteiger partial charge in [-0.15, -0.1) is 0 Å². The fourth-order valence-corrected chi connectivity index (χ4v) is 5.68. The summed E-state index contributed by atoms with van der Waals surface area (Å²) in [6.07, 6.45) is 1.86. The van der Waals surface area contributed by atoms with Crippen LogP contribution >= 0.6 is 22.9 Å². The van der Waals surface area contributed by atoms with Crippen molar-refractivity contribution in [3.63, 3.8) is 0 Å². The largest absolute Gasteiger partial charge is 0.507 e. The highest BCUT2D eigenvalue weighted by Gasteiger charge is 2.48. The number of aliphatic hydroxyl groups is 1. The van der Waals surface area contributed by atoms with E-state index in [0.29, 0.717) is 50.7 Å². The van der Waals surface area contributed by atoms with E-state index in [0.717, 1.165) is 17.5 Å². The molecule has 206 valence electrons. The molecule has 1 N–H and O–H groups in total. The molecule has 1 aliphatic heterocycles. The zero-order valence-corrected chi connectivity index (χ0v) is 23.7. The Morgan fingerprint density at radius 3 is 2.50 bits per heavy atom. The lowest BCUT2D eigenvalue weighted by molar-refractivity contribution is -0.132. The van der Waals surface area contributed by atoms with Gasteiger partial charge in [0.15, 0.2) is 16.6 Å². The first-order chi connectivity index (χ1) is 19.4. The molecule has 1 atom stereocenters. The zero-order chi connectivity index (χ0) is 28.4. The van der Waals surface area contributed by atoms with Crippen molar-refractivity contribution in [1.29, 1.82) is 0 Å². The molecule has 0 aliphatic carbocycles. The molecule has 10 heteroatoms. The summed E-state index contributed by atoms with van der Waals surface area (Å²) in [4.78, 5) is 33.1. The van der Waals surface area contributed by atoms with E-state index in [1.54, 1.807) is 61.7 Å². The number of ether oxygens (including phenoxy) is 3. The average Bonchev–Trinajstić information content (AvgIpc) is 3.50. The number of carbonyl (C=O) groups is 2. The minimum Gasteiger partial charge on any atom is -0.507 e. The number of rotatable bonds is 9. The summed E-state index contributed by atoms with van der Waals surface area (Å²) in [6, 6.07) is 16.0. The van der Waals surface area contributed by atoms with Gasteiger partial charge >= 0.3 is 5.91 Å². The van der Waals surface area contributed by atoms with Crippen LogP contribution in [-0.4, -0.2) is 42.6 Å². The second-order valence-corrected chi connectivity index (χ2v) is 10.6. The zero-order valence-electron chi connectivity index (χ0n) is 22.1. The molecule has 1 unspecified atom stereocenters. The number of Topliss-reactive ketones (excluding diaryl/α,β-unsaturated/α-hetero) is 1. The van der Waals surface area contributed by atoms with E-state index in [1.165, 1.54) is 23.3 Å². The summed E-state index contributed by atoms with van der Waals surface area (Å²) in [5.74, 6) is -0.300. The van der Waals surface area contributed by atoms with Gasteiger partial charge in [-0.2, -0.15) is 0 Å². The quantitative estimate of drug-likeness (QED) is 0.101. The predicted molar refractivity (Wildman–Crippen MR) is 156 cm³/mol. The van der Waals surface area contributed by atoms with Crippen molar-refractivity contribution in [2.24, 2.45) is 0 Å². The maximum atomic E-state index is 13.6. The van der Waals surface area contributed by atoms with Crippen LogP contribution in [0.2, 0.25) is 5.02 Å². The molecule has 1 amide bonds. The van der Waals surface area contributed by atoms with Gasteiger partial charge in [-0.25, -0.2) is 4.98 Å². The van der Waals surface area contributed by atoms with E-state index in [-0.39, 0.29) is 11.3 Å². The predicted octanol–water partition coefficient (Wildman–Crippen LogP) is 6.77. The van der Waals surface area contributed by atoms with Crippen molar-refractivity contribution < 1.29 is 28.9 Å². The molecule has 1 aliphatic rings. The topological polar surface area (TPSA) is 98.2 Å². The van der Waals surface area contributed by atoms with Crippen molar-refractivity contribution in [2.75, 3.05) is 25.7 Å². The number of halogens is 1. The Kier molecular flexibility index (Phi) is 7.95. The highest BCUT2D eigenvalue weighted by molar-refractivity contribution is 7.22. The molecule has 0 saturated carbocycles. The molecule has 0 bridgehead atoms. The van der Waals surface area contributed by atoms with Crippen LogP contribution < -0.4 is 19.1 Å². The number of benzene rings is 3. The smallest absolute Gasteiger partial charge is 0.301 e. The van der Waals surface area contributed by atoms with E-state index in [9.17, 15) is 14.7 Å². The van der Waals surface area contributed by atoms with E-state index < -0.39 is 17.7 Å². The lowest BCUT2D eigenvalue weighted by Crippen LogP contribution is -2.29. The van der Waals surface area contributed by atoms with Gasteiger partial charge in [0.05, 0.1) is 42.7 Å². The third-order valence-electron chi connectivity index (χ3n) is 6.61. The van der Waals surface area contributed by atoms with Crippen LogP contribution in [0.25, 0.3) is 16.0 Å². The van der Waals surface area contributed by atoms with E-state index in [1.807, 2.05) is 6.07 Å². The number of fused-ring (bicyclic) bond motifs is 1. The number of thiazole rings is 1. The van der Waals surface area contributed by atoms with Crippen molar-refractivity contribution in [3.8, 4) is 17.2 Å². The monoisotopic (exact) mass is 578 g/mol. The number of anilines is 1. The Hall–Kier alpha value is -4.08. The van der Waals surface area contributed by atoms with Crippen LogP contribution in [0.4, 0.5) is 5.13 Å². The first-order valence-electron chi connectivity index (χ1n) is 12.7. The number of methoxy groups -OCH3 is 2. The van der Waals surface area contributed by atoms with Gasteiger partial charge < -0.3 is 19.3 Å². The summed E-state index contributed by atoms with van der Waals surface area (Å²) in [5, 5.41) is 12.2. The average molecular weight is 579 g/mol. The minimum absolute atomic E-state index is 0.0640. The summed E-state index contributed by atoms with van der Waals surface area (Å²) < 4.78 is 17.6. The molecule has 0 spiro atoms. The Morgan fingerprint density at radius 1 is 1.02 bits per heavy atom. The van der Waals surface area contributed by atoms with Gasteiger partial charge in [-0.1, -0.05) is 42.3 Å². The normalized spacial score (nSPS) is 16.5. The van der Waals surface area contributed by atoms with Gasteiger partial charge in [0, 0.05) is 10.6 Å². The standard InChI is InChI=1S/C30H27ClN2O6S/c1-4-5-14-39-22-13-8-18(15-23(22)38-3)26-25(27(34)17-6-9-19(31)10-7-17)28(35)29(36)33(26)30-32-21-12-11-20(37-2)16-24(21)40-30/h6-13,15-16,26,34H,4-5,14H2,1-3H3/b27-25+. The molecule has 1 saturated heterocycles. The number of aromatic nitrogens is 1. The summed E-state index contributed by atoms with van der Waals surface area (Å²) >= 11 is 7.29. The molecule has 40 heavy (non-hydrogen) atoms. The van der Waals surface area contributed by atoms with Crippen LogP contribution in [0, 0.1) is 0 Å². The molecular weight excluding hydrogens is 552 g/mol. The fourth-order valence-electron chi connectivity index (χ4n) is 4.53. The van der Waals surface area contributed by atoms with Gasteiger partial charge in [0.2, 0.25) is 0 Å². The number of nitrogens with zero attached hydrogens (tertiary/aromatic N) is 2. The lowest BCUT2D eigenvalue weighted by Gasteiger charge is -2.24. The number of amides is 1. The number of unbranched alkanes of at least 4 members (excludes halogenated alkanes) is 1. The molecule has 8 nitrogen and oxygen atoms in total. The molecule has 3 aromatic carbocycles. The Bertz CT molecular complexity index is 1610. The van der Waals surface area contributed by atoms with Crippen molar-refractivity contribution in [3.05, 3.63) is 82.4 Å². The number of carbonyl (C=O) groups excluding carboxylic acids is 2. The number of hydrogen-bond donors (Lipinski definition) is 1. The third-order valence-corrected chi connectivity index (χ3v) is 7.88. The maximum Gasteiger partial charge on any atom is 0.301 e. The van der Waals surface area contributed by atoms with Crippen LogP contribution in [0.15, 0.2) is 66.2 Å². The van der Waals surface area contributed by atoms with Gasteiger partial charge in [0.25, 0.3) is 5.78 Å². The molecule has 1 fully saturated rings. The molecule has 1 aromatic heterocycles. The highest BCUT2D eigenvalue weighted by Crippen LogP contribution is 2.46. The Morgan fingerprint density at radius 2 is 1.80 bits per heavy atom. The van der Waals surface area contributed by atoms with Crippen LogP contribution in [-0.2, 0) is 9.59 Å². The maximum absolute atomic E-state index is 13.6. The van der Waals surface area contributed by atoms with E-state index >= 15 is 0 Å².